The molecule has 3 rings (SSSR count). The Kier molecular flexibility index (Phi) is 6.14. The van der Waals surface area contributed by atoms with Gasteiger partial charge in [-0.3, -0.25) is 4.79 Å². The molecule has 1 N–H and O–H groups in total. The topological polar surface area (TPSA) is 42.0 Å². The molecule has 7 heteroatoms. The maximum atomic E-state index is 12.6. The number of hydrogen-bond acceptors (Lipinski definition) is 3. The summed E-state index contributed by atoms with van der Waals surface area (Å²) in [6.07, 6.45) is -3.45. The summed E-state index contributed by atoms with van der Waals surface area (Å²) >= 11 is 1.37. The first kappa shape index (κ1) is 20.1. The maximum Gasteiger partial charge on any atom is 0.416 e. The third kappa shape index (κ3) is 5.42. The van der Waals surface area contributed by atoms with Crippen LogP contribution in [0.25, 0.3) is 10.6 Å². The molecule has 1 heterocycles. The lowest BCUT2D eigenvalue weighted by Gasteiger charge is -2.06. The van der Waals surface area contributed by atoms with Crippen LogP contribution in [-0.2, 0) is 23.8 Å². The number of halogens is 3. The Labute approximate surface area is 165 Å². The van der Waals surface area contributed by atoms with Gasteiger partial charge in [-0.2, -0.15) is 13.2 Å². The number of nitrogens with zero attached hydrogens (tertiary/aromatic N) is 1. The van der Waals surface area contributed by atoms with E-state index >= 15 is 0 Å². The number of rotatable bonds is 6. The molecule has 0 atom stereocenters. The van der Waals surface area contributed by atoms with Gasteiger partial charge in [-0.25, -0.2) is 4.98 Å². The van der Waals surface area contributed by atoms with E-state index in [4.69, 9.17) is 0 Å². The van der Waals surface area contributed by atoms with Crippen molar-refractivity contribution in [2.75, 3.05) is 6.54 Å². The number of carbonyl (C=O) groups is 1. The average molecular weight is 404 g/mol. The second-order valence-electron chi connectivity index (χ2n) is 6.48. The first-order chi connectivity index (χ1) is 13.3. The summed E-state index contributed by atoms with van der Waals surface area (Å²) in [6.45, 7) is 2.44. The third-order valence-electron chi connectivity index (χ3n) is 4.16. The SMILES string of the molecule is Cc1cccc(CC(=O)NCCc2csc(-c3ccc(C(F)(F)F)cc3)n2)c1. The summed E-state index contributed by atoms with van der Waals surface area (Å²) in [5, 5.41) is 5.40. The predicted octanol–water partition coefficient (Wildman–Crippen LogP) is 5.04. The fraction of sp³-hybridized carbons (Fsp3) is 0.238. The molecule has 1 amide bonds. The lowest BCUT2D eigenvalue weighted by atomic mass is 10.1. The molecule has 146 valence electrons. The van der Waals surface area contributed by atoms with Crippen molar-refractivity contribution in [1.29, 1.82) is 0 Å². The van der Waals surface area contributed by atoms with E-state index < -0.39 is 11.7 Å². The minimum Gasteiger partial charge on any atom is -0.355 e. The van der Waals surface area contributed by atoms with Gasteiger partial charge in [0.15, 0.2) is 0 Å². The van der Waals surface area contributed by atoms with Crippen LogP contribution in [-0.4, -0.2) is 17.4 Å². The summed E-state index contributed by atoms with van der Waals surface area (Å²) in [5.41, 5.74) is 2.85. The maximum absolute atomic E-state index is 12.6. The molecule has 28 heavy (non-hydrogen) atoms. The highest BCUT2D eigenvalue weighted by Crippen LogP contribution is 2.31. The van der Waals surface area contributed by atoms with E-state index in [1.807, 2.05) is 36.6 Å². The minimum absolute atomic E-state index is 0.0520. The Morgan fingerprint density at radius 2 is 1.89 bits per heavy atom. The number of aryl methyl sites for hydroxylation is 1. The molecule has 0 spiro atoms. The summed E-state index contributed by atoms with van der Waals surface area (Å²) in [6, 6.07) is 12.8. The first-order valence-electron chi connectivity index (χ1n) is 8.75. The highest BCUT2D eigenvalue weighted by molar-refractivity contribution is 7.13. The summed E-state index contributed by atoms with van der Waals surface area (Å²) < 4.78 is 37.9. The van der Waals surface area contributed by atoms with Gasteiger partial charge in [-0.1, -0.05) is 42.0 Å². The number of nitrogens with one attached hydrogen (secondary N) is 1. The smallest absolute Gasteiger partial charge is 0.355 e. The van der Waals surface area contributed by atoms with Gasteiger partial charge in [0.2, 0.25) is 5.91 Å². The molecule has 0 aliphatic heterocycles. The van der Waals surface area contributed by atoms with Crippen LogP contribution in [0, 0.1) is 6.92 Å². The van der Waals surface area contributed by atoms with Crippen LogP contribution in [0.2, 0.25) is 0 Å². The van der Waals surface area contributed by atoms with Crippen LogP contribution in [0.1, 0.15) is 22.4 Å². The predicted molar refractivity (Wildman–Crippen MR) is 104 cm³/mol. The zero-order chi connectivity index (χ0) is 20.1. The van der Waals surface area contributed by atoms with Crippen LogP contribution in [0.15, 0.2) is 53.9 Å². The van der Waals surface area contributed by atoms with Crippen LogP contribution in [0.5, 0.6) is 0 Å². The normalized spacial score (nSPS) is 11.4. The fourth-order valence-electron chi connectivity index (χ4n) is 2.76. The Hall–Kier alpha value is -2.67. The van der Waals surface area contributed by atoms with E-state index in [0.717, 1.165) is 29.0 Å². The van der Waals surface area contributed by atoms with Crippen LogP contribution >= 0.6 is 11.3 Å². The molecular formula is C21H19F3N2OS. The second-order valence-corrected chi connectivity index (χ2v) is 7.34. The van der Waals surface area contributed by atoms with E-state index in [1.165, 1.54) is 23.5 Å². The monoisotopic (exact) mass is 404 g/mol. The molecule has 3 aromatic rings. The lowest BCUT2D eigenvalue weighted by Crippen LogP contribution is -2.27. The van der Waals surface area contributed by atoms with E-state index in [9.17, 15) is 18.0 Å². The summed E-state index contributed by atoms with van der Waals surface area (Å²) in [7, 11) is 0. The van der Waals surface area contributed by atoms with Crippen molar-refractivity contribution in [3.63, 3.8) is 0 Å². The summed E-state index contributed by atoms with van der Waals surface area (Å²) in [5.74, 6) is -0.0520. The fourth-order valence-corrected chi connectivity index (χ4v) is 3.62. The minimum atomic E-state index is -4.34. The van der Waals surface area contributed by atoms with E-state index in [0.29, 0.717) is 30.0 Å². The average Bonchev–Trinajstić information content (AvgIpc) is 3.10. The molecule has 0 saturated heterocycles. The van der Waals surface area contributed by atoms with Crippen molar-refractivity contribution < 1.29 is 18.0 Å². The van der Waals surface area contributed by atoms with Crippen molar-refractivity contribution in [2.24, 2.45) is 0 Å². The lowest BCUT2D eigenvalue weighted by molar-refractivity contribution is -0.137. The van der Waals surface area contributed by atoms with Gasteiger partial charge in [0, 0.05) is 23.9 Å². The molecular weight excluding hydrogens is 385 g/mol. The van der Waals surface area contributed by atoms with E-state index in [2.05, 4.69) is 10.3 Å². The number of carbonyl (C=O) groups excluding carboxylic acids is 1. The Morgan fingerprint density at radius 3 is 2.57 bits per heavy atom. The largest absolute Gasteiger partial charge is 0.416 e. The molecule has 3 nitrogen and oxygen atoms in total. The van der Waals surface area contributed by atoms with Gasteiger partial charge in [-0.15, -0.1) is 11.3 Å². The first-order valence-corrected chi connectivity index (χ1v) is 9.63. The third-order valence-corrected chi connectivity index (χ3v) is 5.10. The van der Waals surface area contributed by atoms with Gasteiger partial charge in [0.05, 0.1) is 17.7 Å². The van der Waals surface area contributed by atoms with Crippen molar-refractivity contribution >= 4 is 17.2 Å². The molecule has 0 aliphatic rings. The Morgan fingerprint density at radius 1 is 1.14 bits per heavy atom. The Balaban J connectivity index is 1.51. The Bertz CT molecular complexity index is 949. The highest BCUT2D eigenvalue weighted by atomic mass is 32.1. The number of thiazole rings is 1. The number of amides is 1. The van der Waals surface area contributed by atoms with Gasteiger partial charge < -0.3 is 5.32 Å². The zero-order valence-corrected chi connectivity index (χ0v) is 16.0. The van der Waals surface area contributed by atoms with Crippen molar-refractivity contribution in [3.8, 4) is 10.6 Å². The zero-order valence-electron chi connectivity index (χ0n) is 15.2. The number of benzene rings is 2. The molecule has 0 bridgehead atoms. The van der Waals surface area contributed by atoms with Gasteiger partial charge in [0.25, 0.3) is 0 Å². The van der Waals surface area contributed by atoms with Crippen LogP contribution < -0.4 is 5.32 Å². The molecule has 0 radical (unpaired) electrons. The molecule has 0 fully saturated rings. The van der Waals surface area contributed by atoms with Crippen molar-refractivity contribution in [3.05, 3.63) is 76.3 Å². The number of alkyl halides is 3. The molecule has 0 unspecified atom stereocenters. The van der Waals surface area contributed by atoms with Gasteiger partial charge in [0.1, 0.15) is 5.01 Å². The van der Waals surface area contributed by atoms with E-state index in [1.54, 1.807) is 0 Å². The molecule has 1 aromatic heterocycles. The van der Waals surface area contributed by atoms with Crippen LogP contribution in [0.3, 0.4) is 0 Å². The van der Waals surface area contributed by atoms with Crippen molar-refractivity contribution in [1.82, 2.24) is 10.3 Å². The highest BCUT2D eigenvalue weighted by Gasteiger charge is 2.30. The quantitative estimate of drug-likeness (QED) is 0.626. The molecule has 0 saturated carbocycles. The molecule has 0 aliphatic carbocycles. The number of hydrogen-bond donors (Lipinski definition) is 1. The summed E-state index contributed by atoms with van der Waals surface area (Å²) in [4.78, 5) is 16.5. The van der Waals surface area contributed by atoms with Crippen molar-refractivity contribution in [2.45, 2.75) is 25.9 Å². The van der Waals surface area contributed by atoms with E-state index in [-0.39, 0.29) is 5.91 Å². The van der Waals surface area contributed by atoms with Gasteiger partial charge in [-0.05, 0) is 24.6 Å². The molecule has 2 aromatic carbocycles. The van der Waals surface area contributed by atoms with Gasteiger partial charge >= 0.3 is 6.18 Å². The second kappa shape index (κ2) is 8.56. The standard InChI is InChI=1S/C21H19F3N2OS/c1-14-3-2-4-15(11-14)12-19(27)25-10-9-18-13-28-20(26-18)16-5-7-17(8-6-16)21(22,23)24/h2-8,11,13H,9-10,12H2,1H3,(H,25,27). The number of aromatic nitrogens is 1. The van der Waals surface area contributed by atoms with Crippen LogP contribution in [0.4, 0.5) is 13.2 Å².